The summed E-state index contributed by atoms with van der Waals surface area (Å²) in [7, 11) is 0. The van der Waals surface area contributed by atoms with Gasteiger partial charge in [0.2, 0.25) is 0 Å². The Hall–Kier alpha value is -0.560. The smallest absolute Gasteiger partial charge is 0.0624 e. The van der Waals surface area contributed by atoms with Gasteiger partial charge in [0.05, 0.1) is 5.02 Å². The maximum Gasteiger partial charge on any atom is 0.0624 e. The quantitative estimate of drug-likeness (QED) is 0.706. The minimum Gasteiger partial charge on any atom is -0.260 e. The Morgan fingerprint density at radius 2 is 1.87 bits per heavy atom. The van der Waals surface area contributed by atoms with Gasteiger partial charge in [0, 0.05) is 11.9 Å². The van der Waals surface area contributed by atoms with E-state index in [0.717, 1.165) is 10.7 Å². The van der Waals surface area contributed by atoms with Crippen molar-refractivity contribution in [1.29, 1.82) is 0 Å². The van der Waals surface area contributed by atoms with Crippen LogP contribution in [-0.4, -0.2) is 4.98 Å². The molecule has 0 atom stereocenters. The summed E-state index contributed by atoms with van der Waals surface area (Å²) in [5.74, 6) is 0.606. The molecule has 0 saturated heterocycles. The maximum absolute atomic E-state index is 6.20. The summed E-state index contributed by atoms with van der Waals surface area (Å²) in [5.41, 5.74) is 2.35. The number of hydrogen-bond acceptors (Lipinski definition) is 1. The lowest BCUT2D eigenvalue weighted by Crippen LogP contribution is -2.00. The van der Waals surface area contributed by atoms with Crippen molar-refractivity contribution in [1.82, 2.24) is 4.98 Å². The number of rotatable bonds is 5. The molecular weight excluding hydrogens is 206 g/mol. The van der Waals surface area contributed by atoms with Crippen molar-refractivity contribution >= 4 is 11.6 Å². The van der Waals surface area contributed by atoms with E-state index in [1.54, 1.807) is 6.20 Å². The molecule has 0 aromatic carbocycles. The summed E-state index contributed by atoms with van der Waals surface area (Å²) in [6.45, 7) is 6.48. The van der Waals surface area contributed by atoms with E-state index in [-0.39, 0.29) is 0 Å². The Bertz CT molecular complexity index is 303. The van der Waals surface area contributed by atoms with Gasteiger partial charge in [-0.2, -0.15) is 0 Å². The van der Waals surface area contributed by atoms with Crippen molar-refractivity contribution in [2.75, 3.05) is 0 Å². The van der Waals surface area contributed by atoms with Crippen LogP contribution in [0.5, 0.6) is 0 Å². The van der Waals surface area contributed by atoms with Crippen LogP contribution in [0.2, 0.25) is 5.02 Å². The van der Waals surface area contributed by atoms with Crippen LogP contribution in [0.25, 0.3) is 0 Å². The van der Waals surface area contributed by atoms with E-state index in [0.29, 0.717) is 5.92 Å². The van der Waals surface area contributed by atoms with Crippen LogP contribution in [0.15, 0.2) is 12.3 Å². The first-order chi connectivity index (χ1) is 7.19. The van der Waals surface area contributed by atoms with E-state index >= 15 is 0 Å². The van der Waals surface area contributed by atoms with E-state index in [1.807, 2.05) is 6.92 Å². The zero-order valence-corrected chi connectivity index (χ0v) is 10.6. The second-order valence-corrected chi connectivity index (χ2v) is 4.53. The molecule has 0 radical (unpaired) electrons. The average molecular weight is 226 g/mol. The normalized spacial score (nSPS) is 11.0. The third kappa shape index (κ3) is 3.49. The summed E-state index contributed by atoms with van der Waals surface area (Å²) in [6.07, 6.45) is 6.64. The van der Waals surface area contributed by atoms with Gasteiger partial charge in [0.1, 0.15) is 0 Å². The Kier molecular flexibility index (Phi) is 5.10. The first kappa shape index (κ1) is 12.5. The van der Waals surface area contributed by atoms with Crippen molar-refractivity contribution in [3.63, 3.8) is 0 Å². The highest BCUT2D eigenvalue weighted by Gasteiger charge is 2.13. The number of aryl methyl sites for hydroxylation is 1. The predicted octanol–water partition coefficient (Wildman–Crippen LogP) is 4.73. The Labute approximate surface area is 97.9 Å². The standard InChI is InChI=1S/C13H20ClN/c1-4-6-11(7-5-2)12-8-10(3)15-9-13(12)14/h8-9,11H,4-7H2,1-3H3. The van der Waals surface area contributed by atoms with Crippen molar-refractivity contribution in [3.05, 3.63) is 28.5 Å². The summed E-state index contributed by atoms with van der Waals surface area (Å²) in [6, 6.07) is 2.14. The Balaban J connectivity index is 2.93. The molecule has 1 rings (SSSR count). The number of nitrogens with zero attached hydrogens (tertiary/aromatic N) is 1. The number of hydrogen-bond donors (Lipinski definition) is 0. The molecule has 0 N–H and O–H groups in total. The Morgan fingerprint density at radius 1 is 1.27 bits per heavy atom. The van der Waals surface area contributed by atoms with E-state index in [9.17, 15) is 0 Å². The molecule has 0 aliphatic carbocycles. The molecule has 0 aliphatic heterocycles. The fourth-order valence-corrected chi connectivity index (χ4v) is 2.29. The fraction of sp³-hybridized carbons (Fsp3) is 0.615. The van der Waals surface area contributed by atoms with E-state index in [2.05, 4.69) is 24.9 Å². The van der Waals surface area contributed by atoms with Crippen LogP contribution in [0.3, 0.4) is 0 Å². The highest BCUT2D eigenvalue weighted by atomic mass is 35.5. The average Bonchev–Trinajstić information content (AvgIpc) is 2.21. The molecule has 1 aromatic rings. The second-order valence-electron chi connectivity index (χ2n) is 4.12. The molecule has 0 unspecified atom stereocenters. The summed E-state index contributed by atoms with van der Waals surface area (Å²) in [5, 5.41) is 0.826. The molecule has 1 aromatic heterocycles. The first-order valence-corrected chi connectivity index (χ1v) is 6.18. The highest BCUT2D eigenvalue weighted by Crippen LogP contribution is 2.31. The topological polar surface area (TPSA) is 12.9 Å². The monoisotopic (exact) mass is 225 g/mol. The van der Waals surface area contributed by atoms with Gasteiger partial charge in [-0.3, -0.25) is 4.98 Å². The number of aromatic nitrogens is 1. The van der Waals surface area contributed by atoms with Crippen molar-refractivity contribution in [2.45, 2.75) is 52.4 Å². The van der Waals surface area contributed by atoms with Crippen LogP contribution in [0.4, 0.5) is 0 Å². The molecule has 1 heterocycles. The SMILES string of the molecule is CCCC(CCC)c1cc(C)ncc1Cl. The lowest BCUT2D eigenvalue weighted by atomic mass is 9.90. The third-order valence-electron chi connectivity index (χ3n) is 2.74. The zero-order valence-electron chi connectivity index (χ0n) is 9.89. The predicted molar refractivity (Wildman–Crippen MR) is 66.5 cm³/mol. The van der Waals surface area contributed by atoms with Gasteiger partial charge in [-0.1, -0.05) is 38.3 Å². The highest BCUT2D eigenvalue weighted by molar-refractivity contribution is 6.31. The van der Waals surface area contributed by atoms with Gasteiger partial charge in [0.25, 0.3) is 0 Å². The maximum atomic E-state index is 6.20. The van der Waals surface area contributed by atoms with Crippen LogP contribution in [0.1, 0.15) is 56.7 Å². The number of pyridine rings is 1. The molecule has 2 heteroatoms. The van der Waals surface area contributed by atoms with E-state index in [4.69, 9.17) is 11.6 Å². The molecule has 15 heavy (non-hydrogen) atoms. The minimum atomic E-state index is 0.606. The van der Waals surface area contributed by atoms with Gasteiger partial charge >= 0.3 is 0 Å². The third-order valence-corrected chi connectivity index (χ3v) is 3.05. The Morgan fingerprint density at radius 3 is 2.40 bits per heavy atom. The first-order valence-electron chi connectivity index (χ1n) is 5.81. The minimum absolute atomic E-state index is 0.606. The lowest BCUT2D eigenvalue weighted by Gasteiger charge is -2.17. The zero-order chi connectivity index (χ0) is 11.3. The van der Waals surface area contributed by atoms with Crippen molar-refractivity contribution in [3.8, 4) is 0 Å². The molecule has 0 fully saturated rings. The van der Waals surface area contributed by atoms with Crippen LogP contribution >= 0.6 is 11.6 Å². The molecule has 0 spiro atoms. The lowest BCUT2D eigenvalue weighted by molar-refractivity contribution is 0.560. The molecule has 0 aliphatic rings. The summed E-state index contributed by atoms with van der Waals surface area (Å²) >= 11 is 6.20. The summed E-state index contributed by atoms with van der Waals surface area (Å²) in [4.78, 5) is 4.21. The van der Waals surface area contributed by atoms with Gasteiger partial charge < -0.3 is 0 Å². The van der Waals surface area contributed by atoms with Gasteiger partial charge in [-0.25, -0.2) is 0 Å². The van der Waals surface area contributed by atoms with Crippen molar-refractivity contribution < 1.29 is 0 Å². The fourth-order valence-electron chi connectivity index (χ4n) is 2.03. The molecule has 1 nitrogen and oxygen atoms in total. The number of halogens is 1. The van der Waals surface area contributed by atoms with Gasteiger partial charge in [-0.15, -0.1) is 0 Å². The van der Waals surface area contributed by atoms with E-state index < -0.39 is 0 Å². The van der Waals surface area contributed by atoms with Crippen LogP contribution in [0, 0.1) is 6.92 Å². The van der Waals surface area contributed by atoms with Crippen LogP contribution in [-0.2, 0) is 0 Å². The molecule has 0 amide bonds. The molecule has 0 bridgehead atoms. The molecule has 0 saturated carbocycles. The van der Waals surface area contributed by atoms with Gasteiger partial charge in [0.15, 0.2) is 0 Å². The van der Waals surface area contributed by atoms with Gasteiger partial charge in [-0.05, 0) is 37.3 Å². The van der Waals surface area contributed by atoms with E-state index in [1.165, 1.54) is 31.2 Å². The molecular formula is C13H20ClN. The van der Waals surface area contributed by atoms with Crippen molar-refractivity contribution in [2.24, 2.45) is 0 Å². The largest absolute Gasteiger partial charge is 0.260 e. The molecule has 84 valence electrons. The van der Waals surface area contributed by atoms with Crippen LogP contribution < -0.4 is 0 Å². The second kappa shape index (κ2) is 6.12. The summed E-state index contributed by atoms with van der Waals surface area (Å²) < 4.78 is 0.